The van der Waals surface area contributed by atoms with E-state index in [1.165, 1.54) is 5.56 Å². The van der Waals surface area contributed by atoms with Crippen LogP contribution < -0.4 is 15.8 Å². The molecule has 3 N–H and O–H groups in total. The van der Waals surface area contributed by atoms with Crippen LogP contribution in [0.1, 0.15) is 30.0 Å². The van der Waals surface area contributed by atoms with Gasteiger partial charge in [0.2, 0.25) is 0 Å². The number of nitrogens with two attached hydrogens (primary N) is 1. The van der Waals surface area contributed by atoms with Crippen molar-refractivity contribution in [3.05, 3.63) is 28.8 Å². The van der Waals surface area contributed by atoms with Gasteiger partial charge in [0.05, 0.1) is 0 Å². The number of rotatable bonds is 6. The minimum Gasteiger partial charge on any atom is -0.483 e. The maximum Gasteiger partial charge on any atom is 0.257 e. The van der Waals surface area contributed by atoms with Crippen molar-refractivity contribution in [3.63, 3.8) is 0 Å². The van der Waals surface area contributed by atoms with Crippen LogP contribution in [0.25, 0.3) is 0 Å². The summed E-state index contributed by atoms with van der Waals surface area (Å²) >= 11 is 0. The molecule has 0 aromatic heterocycles. The van der Waals surface area contributed by atoms with Crippen molar-refractivity contribution in [2.45, 2.75) is 40.2 Å². The molecule has 5 heteroatoms. The van der Waals surface area contributed by atoms with Crippen molar-refractivity contribution in [1.82, 2.24) is 5.32 Å². The highest BCUT2D eigenvalue weighted by Gasteiger charge is 2.08. The topological polar surface area (TPSA) is 64.3 Å². The Balaban J connectivity index is 0.00000361. The summed E-state index contributed by atoms with van der Waals surface area (Å²) in [5, 5.41) is 2.79. The van der Waals surface area contributed by atoms with Gasteiger partial charge in [-0.1, -0.05) is 17.7 Å². The Morgan fingerprint density at radius 3 is 2.35 bits per heavy atom. The van der Waals surface area contributed by atoms with Crippen LogP contribution in [0, 0.1) is 20.8 Å². The first kappa shape index (κ1) is 18.7. The lowest BCUT2D eigenvalue weighted by atomic mass is 10.1. The van der Waals surface area contributed by atoms with E-state index in [9.17, 15) is 4.79 Å². The first-order chi connectivity index (χ1) is 8.90. The van der Waals surface area contributed by atoms with Crippen LogP contribution in [0.2, 0.25) is 0 Å². The highest BCUT2D eigenvalue weighted by Crippen LogP contribution is 2.24. The number of aryl methyl sites for hydroxylation is 3. The minimum atomic E-state index is -0.111. The van der Waals surface area contributed by atoms with E-state index in [0.717, 1.165) is 23.3 Å². The molecule has 20 heavy (non-hydrogen) atoms. The van der Waals surface area contributed by atoms with Crippen LogP contribution in [-0.2, 0) is 4.79 Å². The van der Waals surface area contributed by atoms with E-state index < -0.39 is 0 Å². The zero-order valence-corrected chi connectivity index (χ0v) is 13.5. The van der Waals surface area contributed by atoms with Gasteiger partial charge in [-0.05, 0) is 45.2 Å². The first-order valence-electron chi connectivity index (χ1n) is 6.63. The number of carbonyl (C=O) groups excluding carboxylic acids is 1. The van der Waals surface area contributed by atoms with Gasteiger partial charge in [0.15, 0.2) is 6.61 Å². The van der Waals surface area contributed by atoms with E-state index in [1.807, 2.05) is 27.7 Å². The van der Waals surface area contributed by atoms with Crippen LogP contribution in [0.5, 0.6) is 5.75 Å². The lowest BCUT2D eigenvalue weighted by Gasteiger charge is -2.13. The largest absolute Gasteiger partial charge is 0.483 e. The number of nitrogens with one attached hydrogen (secondary N) is 1. The molecule has 0 radical (unpaired) electrons. The molecule has 4 nitrogen and oxygen atoms in total. The quantitative estimate of drug-likeness (QED) is 0.847. The highest BCUT2D eigenvalue weighted by atomic mass is 35.5. The van der Waals surface area contributed by atoms with Gasteiger partial charge in [-0.15, -0.1) is 12.4 Å². The summed E-state index contributed by atoms with van der Waals surface area (Å²) in [7, 11) is 0. The van der Waals surface area contributed by atoms with Gasteiger partial charge in [-0.3, -0.25) is 4.79 Å². The molecule has 1 aromatic rings. The van der Waals surface area contributed by atoms with E-state index in [0.29, 0.717) is 6.54 Å². The first-order valence-corrected chi connectivity index (χ1v) is 6.63. The fraction of sp³-hybridized carbons (Fsp3) is 0.533. The highest BCUT2D eigenvalue weighted by molar-refractivity contribution is 5.85. The summed E-state index contributed by atoms with van der Waals surface area (Å²) in [6, 6.07) is 4.20. The average molecular weight is 301 g/mol. The van der Waals surface area contributed by atoms with Gasteiger partial charge in [0, 0.05) is 12.6 Å². The zero-order chi connectivity index (χ0) is 14.4. The Bertz CT molecular complexity index is 424. The SMILES string of the molecule is Cc1cc(C)c(OCC(=O)NCCC(C)N)c(C)c1.Cl. The average Bonchev–Trinajstić information content (AvgIpc) is 2.26. The molecule has 0 saturated carbocycles. The molecule has 0 aliphatic rings. The van der Waals surface area contributed by atoms with Crippen LogP contribution in [0.3, 0.4) is 0 Å². The number of ether oxygens (including phenoxy) is 1. The molecule has 1 unspecified atom stereocenters. The maximum absolute atomic E-state index is 11.6. The lowest BCUT2D eigenvalue weighted by Crippen LogP contribution is -2.32. The molecule has 1 aromatic carbocycles. The summed E-state index contributed by atoms with van der Waals surface area (Å²) < 4.78 is 5.60. The van der Waals surface area contributed by atoms with Crippen molar-refractivity contribution in [2.24, 2.45) is 5.73 Å². The van der Waals surface area contributed by atoms with Gasteiger partial charge < -0.3 is 15.8 Å². The lowest BCUT2D eigenvalue weighted by molar-refractivity contribution is -0.123. The van der Waals surface area contributed by atoms with Gasteiger partial charge in [0.25, 0.3) is 5.91 Å². The molecule has 1 amide bonds. The van der Waals surface area contributed by atoms with Gasteiger partial charge in [0.1, 0.15) is 5.75 Å². The number of halogens is 1. The summed E-state index contributed by atoms with van der Waals surface area (Å²) in [6.07, 6.45) is 0.772. The van der Waals surface area contributed by atoms with E-state index in [1.54, 1.807) is 0 Å². The summed E-state index contributed by atoms with van der Waals surface area (Å²) in [6.45, 7) is 8.58. The fourth-order valence-corrected chi connectivity index (χ4v) is 2.02. The number of hydrogen-bond donors (Lipinski definition) is 2. The second-order valence-electron chi connectivity index (χ2n) is 5.13. The van der Waals surface area contributed by atoms with Crippen molar-refractivity contribution in [2.75, 3.05) is 13.2 Å². The third kappa shape index (κ3) is 6.26. The van der Waals surface area contributed by atoms with Gasteiger partial charge >= 0.3 is 0 Å². The Morgan fingerprint density at radius 2 is 1.85 bits per heavy atom. The standard InChI is InChI=1S/C15H24N2O2.ClH/c1-10-7-11(2)15(12(3)8-10)19-9-14(18)17-6-5-13(4)16;/h7-8,13H,5-6,9,16H2,1-4H3,(H,17,18);1H. The van der Waals surface area contributed by atoms with Crippen LogP contribution in [0.15, 0.2) is 12.1 Å². The molecule has 0 saturated heterocycles. The Kier molecular flexibility index (Phi) is 8.26. The van der Waals surface area contributed by atoms with Crippen molar-refractivity contribution in [1.29, 1.82) is 0 Å². The van der Waals surface area contributed by atoms with Crippen molar-refractivity contribution < 1.29 is 9.53 Å². The Labute approximate surface area is 127 Å². The summed E-state index contributed by atoms with van der Waals surface area (Å²) in [5.74, 6) is 0.688. The molecule has 1 atom stereocenters. The van der Waals surface area contributed by atoms with E-state index in [4.69, 9.17) is 10.5 Å². The number of carbonyl (C=O) groups is 1. The van der Waals surface area contributed by atoms with Crippen molar-refractivity contribution in [3.8, 4) is 5.75 Å². The predicted octanol–water partition coefficient (Wildman–Crippen LogP) is 2.27. The fourth-order valence-electron chi connectivity index (χ4n) is 2.02. The third-order valence-electron chi connectivity index (χ3n) is 2.87. The molecular weight excluding hydrogens is 276 g/mol. The van der Waals surface area contributed by atoms with E-state index >= 15 is 0 Å². The molecule has 114 valence electrons. The minimum absolute atomic E-state index is 0. The molecular formula is C15H25ClN2O2. The summed E-state index contributed by atoms with van der Waals surface area (Å²) in [5.41, 5.74) is 8.93. The van der Waals surface area contributed by atoms with Crippen molar-refractivity contribution >= 4 is 18.3 Å². The monoisotopic (exact) mass is 300 g/mol. The zero-order valence-electron chi connectivity index (χ0n) is 12.7. The van der Waals surface area contributed by atoms with Crippen LogP contribution in [-0.4, -0.2) is 25.1 Å². The molecule has 1 rings (SSSR count). The smallest absolute Gasteiger partial charge is 0.257 e. The predicted molar refractivity (Wildman–Crippen MR) is 84.7 cm³/mol. The van der Waals surface area contributed by atoms with Crippen LogP contribution >= 0.6 is 12.4 Å². The molecule has 0 aliphatic carbocycles. The summed E-state index contributed by atoms with van der Waals surface area (Å²) in [4.78, 5) is 11.6. The second kappa shape index (κ2) is 8.82. The third-order valence-corrected chi connectivity index (χ3v) is 2.87. The number of benzene rings is 1. The van der Waals surface area contributed by atoms with Crippen LogP contribution in [0.4, 0.5) is 0 Å². The normalized spacial score (nSPS) is 11.4. The number of hydrogen-bond acceptors (Lipinski definition) is 3. The van der Waals surface area contributed by atoms with E-state index in [-0.39, 0.29) is 31.0 Å². The number of amides is 1. The maximum atomic E-state index is 11.6. The Hall–Kier alpha value is -1.26. The second-order valence-corrected chi connectivity index (χ2v) is 5.13. The molecule has 0 heterocycles. The van der Waals surface area contributed by atoms with Gasteiger partial charge in [-0.25, -0.2) is 0 Å². The molecule has 0 bridgehead atoms. The van der Waals surface area contributed by atoms with Gasteiger partial charge in [-0.2, -0.15) is 0 Å². The molecule has 0 fully saturated rings. The Morgan fingerprint density at radius 1 is 1.30 bits per heavy atom. The molecule has 0 aliphatic heterocycles. The van der Waals surface area contributed by atoms with E-state index in [2.05, 4.69) is 17.4 Å². The molecule has 0 spiro atoms.